The molecular weight excluding hydrogens is 147 g/mol. The molecule has 2 heteroatoms. The van der Waals surface area contributed by atoms with E-state index >= 15 is 0 Å². The molecule has 66 valence electrons. The Hall–Kier alpha value is 0.0249. The van der Waals surface area contributed by atoms with Gasteiger partial charge in [0.15, 0.2) is 0 Å². The number of hydrogen-bond acceptors (Lipinski definition) is 1. The molecular formula is C10H17BO. The van der Waals surface area contributed by atoms with E-state index in [0.29, 0.717) is 11.8 Å². The van der Waals surface area contributed by atoms with Crippen molar-refractivity contribution in [3.05, 3.63) is 0 Å². The van der Waals surface area contributed by atoms with Crippen molar-refractivity contribution >= 4 is 7.85 Å². The van der Waals surface area contributed by atoms with Crippen LogP contribution in [0.15, 0.2) is 0 Å². The van der Waals surface area contributed by atoms with E-state index < -0.39 is 0 Å². The Labute approximate surface area is 76.3 Å². The predicted octanol–water partition coefficient (Wildman–Crippen LogP) is 2.10. The van der Waals surface area contributed by atoms with E-state index in [-0.39, 0.29) is 11.6 Å². The van der Waals surface area contributed by atoms with Gasteiger partial charge < -0.3 is 4.74 Å². The van der Waals surface area contributed by atoms with Crippen LogP contribution < -0.4 is 0 Å². The first-order chi connectivity index (χ1) is 5.69. The van der Waals surface area contributed by atoms with Crippen molar-refractivity contribution < 1.29 is 4.74 Å². The maximum Gasteiger partial charge on any atom is 0.109 e. The zero-order valence-electron chi connectivity index (χ0n) is 8.05. The fraction of sp³-hybridized carbons (Fsp3) is 1.00. The lowest BCUT2D eigenvalue weighted by Crippen LogP contribution is -2.37. The molecule has 2 bridgehead atoms. The number of fused-ring (bicyclic) bond motifs is 2. The fourth-order valence-electron chi connectivity index (χ4n) is 3.06. The average Bonchev–Trinajstić information content (AvgIpc) is 2.23. The Kier molecular flexibility index (Phi) is 1.98. The second kappa shape index (κ2) is 2.76. The topological polar surface area (TPSA) is 9.23 Å². The molecule has 12 heavy (non-hydrogen) atoms. The van der Waals surface area contributed by atoms with Gasteiger partial charge in [0.25, 0.3) is 0 Å². The van der Waals surface area contributed by atoms with Gasteiger partial charge in [-0.25, -0.2) is 0 Å². The highest BCUT2D eigenvalue weighted by Crippen LogP contribution is 2.50. The summed E-state index contributed by atoms with van der Waals surface area (Å²) in [6.07, 6.45) is 4.91. The molecule has 0 aromatic heterocycles. The van der Waals surface area contributed by atoms with E-state index in [9.17, 15) is 0 Å². The van der Waals surface area contributed by atoms with Gasteiger partial charge in [-0.15, -0.1) is 0 Å². The predicted molar refractivity (Wildman–Crippen MR) is 50.2 cm³/mol. The number of ether oxygens (including phenoxy) is 1. The maximum atomic E-state index is 5.95. The Balaban J connectivity index is 2.24. The maximum absolute atomic E-state index is 5.95. The molecule has 1 aliphatic carbocycles. The molecule has 1 aliphatic heterocycles. The first-order valence-corrected chi connectivity index (χ1v) is 5.13. The molecule has 1 heterocycles. The summed E-state index contributed by atoms with van der Waals surface area (Å²) in [5.74, 6) is 1.30. The zero-order valence-corrected chi connectivity index (χ0v) is 8.05. The fourth-order valence-corrected chi connectivity index (χ4v) is 3.06. The van der Waals surface area contributed by atoms with Crippen LogP contribution in [-0.4, -0.2) is 19.5 Å². The van der Waals surface area contributed by atoms with Gasteiger partial charge in [-0.05, 0) is 31.1 Å². The molecule has 2 radical (unpaired) electrons. The van der Waals surface area contributed by atoms with E-state index in [4.69, 9.17) is 12.6 Å². The molecule has 1 saturated carbocycles. The summed E-state index contributed by atoms with van der Waals surface area (Å²) in [5.41, 5.74) is 0.141. The van der Waals surface area contributed by atoms with Gasteiger partial charge in [0, 0.05) is 6.00 Å². The minimum Gasteiger partial charge on any atom is -0.381 e. The molecule has 1 nitrogen and oxygen atoms in total. The third kappa shape index (κ3) is 0.969. The smallest absolute Gasteiger partial charge is 0.109 e. The summed E-state index contributed by atoms with van der Waals surface area (Å²) in [7, 11) is 5.95. The minimum absolute atomic E-state index is 0.0162. The third-order valence-corrected chi connectivity index (χ3v) is 4.00. The van der Waals surface area contributed by atoms with Gasteiger partial charge in [-0.1, -0.05) is 20.3 Å². The summed E-state index contributed by atoms with van der Waals surface area (Å²) in [6.45, 7) is 4.52. The quantitative estimate of drug-likeness (QED) is 0.539. The Bertz CT molecular complexity index is 183. The average molecular weight is 164 g/mol. The van der Waals surface area contributed by atoms with Gasteiger partial charge in [-0.3, -0.25) is 0 Å². The lowest BCUT2D eigenvalue weighted by Gasteiger charge is -2.36. The van der Waals surface area contributed by atoms with Crippen LogP contribution in [0.25, 0.3) is 0 Å². The molecule has 0 aromatic rings. The monoisotopic (exact) mass is 164 g/mol. The van der Waals surface area contributed by atoms with Crippen LogP contribution in [0, 0.1) is 11.8 Å². The van der Waals surface area contributed by atoms with Gasteiger partial charge >= 0.3 is 0 Å². The molecule has 2 unspecified atom stereocenters. The molecule has 0 aromatic carbocycles. The highest BCUT2D eigenvalue weighted by molar-refractivity contribution is 6.11. The van der Waals surface area contributed by atoms with Crippen LogP contribution in [0.5, 0.6) is 0 Å². The minimum atomic E-state index is 0.0162. The van der Waals surface area contributed by atoms with Crippen LogP contribution in [0.1, 0.15) is 39.5 Å². The molecule has 0 amide bonds. The SMILES string of the molecule is [B][C@@H]1OC2(CC)CCCC1[C@H]2C. The van der Waals surface area contributed by atoms with Gasteiger partial charge in [0.1, 0.15) is 7.85 Å². The van der Waals surface area contributed by atoms with Crippen LogP contribution in [0.4, 0.5) is 0 Å². The first kappa shape index (κ1) is 8.62. The van der Waals surface area contributed by atoms with Crippen LogP contribution >= 0.6 is 0 Å². The molecule has 0 N–H and O–H groups in total. The summed E-state index contributed by atoms with van der Waals surface area (Å²) >= 11 is 0. The second-order valence-corrected chi connectivity index (χ2v) is 4.35. The third-order valence-electron chi connectivity index (χ3n) is 4.00. The Morgan fingerprint density at radius 3 is 2.92 bits per heavy atom. The van der Waals surface area contributed by atoms with Crippen LogP contribution in [-0.2, 0) is 4.74 Å². The first-order valence-electron chi connectivity index (χ1n) is 5.13. The van der Waals surface area contributed by atoms with Crippen molar-refractivity contribution in [3.63, 3.8) is 0 Å². The zero-order chi connectivity index (χ0) is 8.77. The highest BCUT2D eigenvalue weighted by Gasteiger charge is 2.51. The van der Waals surface area contributed by atoms with Crippen molar-refractivity contribution in [1.29, 1.82) is 0 Å². The number of rotatable bonds is 1. The largest absolute Gasteiger partial charge is 0.381 e. The normalized spacial score (nSPS) is 52.7. The Morgan fingerprint density at radius 1 is 1.58 bits per heavy atom. The lowest BCUT2D eigenvalue weighted by molar-refractivity contribution is -0.0414. The van der Waals surface area contributed by atoms with Crippen molar-refractivity contribution in [3.8, 4) is 0 Å². The summed E-state index contributed by atoms with van der Waals surface area (Å²) in [4.78, 5) is 0. The van der Waals surface area contributed by atoms with Crippen LogP contribution in [0.2, 0.25) is 0 Å². The molecule has 1 saturated heterocycles. The van der Waals surface area contributed by atoms with Crippen molar-refractivity contribution in [1.82, 2.24) is 0 Å². The van der Waals surface area contributed by atoms with Gasteiger partial charge in [0.05, 0.1) is 5.60 Å². The van der Waals surface area contributed by atoms with Crippen LogP contribution in [0.3, 0.4) is 0 Å². The van der Waals surface area contributed by atoms with E-state index in [1.54, 1.807) is 0 Å². The summed E-state index contributed by atoms with van der Waals surface area (Å²) in [6, 6.07) is 0.0162. The van der Waals surface area contributed by atoms with Crippen molar-refractivity contribution in [2.45, 2.75) is 51.1 Å². The molecule has 2 aliphatic rings. The van der Waals surface area contributed by atoms with Gasteiger partial charge in [0.2, 0.25) is 0 Å². The second-order valence-electron chi connectivity index (χ2n) is 4.35. The molecule has 4 atom stereocenters. The van der Waals surface area contributed by atoms with E-state index in [0.717, 1.165) is 6.42 Å². The standard InChI is InChI=1S/C10H17BO/c1-3-10-6-4-5-8(7(10)2)9(11)12-10/h7-9H,3-6H2,1-2H3/t7-,8?,9-,10?/m1/s1. The summed E-state index contributed by atoms with van der Waals surface area (Å²) < 4.78 is 5.91. The number of hydrogen-bond donors (Lipinski definition) is 0. The lowest BCUT2D eigenvalue weighted by atomic mass is 9.68. The van der Waals surface area contributed by atoms with E-state index in [1.807, 2.05) is 0 Å². The van der Waals surface area contributed by atoms with E-state index in [2.05, 4.69) is 13.8 Å². The summed E-state index contributed by atoms with van der Waals surface area (Å²) in [5, 5.41) is 0. The van der Waals surface area contributed by atoms with Crippen molar-refractivity contribution in [2.24, 2.45) is 11.8 Å². The molecule has 2 rings (SSSR count). The molecule has 0 spiro atoms. The van der Waals surface area contributed by atoms with Gasteiger partial charge in [-0.2, -0.15) is 0 Å². The highest BCUT2D eigenvalue weighted by atomic mass is 16.5. The molecule has 2 fully saturated rings. The van der Waals surface area contributed by atoms with Crippen molar-refractivity contribution in [2.75, 3.05) is 0 Å². The Morgan fingerprint density at radius 2 is 2.33 bits per heavy atom. The van der Waals surface area contributed by atoms with E-state index in [1.165, 1.54) is 19.3 Å².